The third kappa shape index (κ3) is 2.25. The molecule has 1 aromatic carbocycles. The molecule has 0 amide bonds. The molecule has 4 nitrogen and oxygen atoms in total. The van der Waals surface area contributed by atoms with Crippen LogP contribution in [-0.4, -0.2) is 14.7 Å². The smallest absolute Gasteiger partial charge is 0.135 e. The van der Waals surface area contributed by atoms with E-state index in [9.17, 15) is 5.11 Å². The molecule has 1 N–H and O–H groups in total. The summed E-state index contributed by atoms with van der Waals surface area (Å²) in [5.74, 6) is 0.620. The molecule has 21 heavy (non-hydrogen) atoms. The van der Waals surface area contributed by atoms with Gasteiger partial charge in [0, 0.05) is 11.1 Å². The van der Waals surface area contributed by atoms with E-state index < -0.39 is 6.10 Å². The van der Waals surface area contributed by atoms with Crippen LogP contribution in [0.3, 0.4) is 0 Å². The first-order chi connectivity index (χ1) is 10.3. The number of imidazole rings is 1. The molecule has 108 valence electrons. The van der Waals surface area contributed by atoms with Crippen LogP contribution in [0.25, 0.3) is 11.0 Å². The van der Waals surface area contributed by atoms with Crippen molar-refractivity contribution in [3.63, 3.8) is 0 Å². The summed E-state index contributed by atoms with van der Waals surface area (Å²) < 4.78 is 7.81. The molecule has 2 heterocycles. The molecule has 0 saturated heterocycles. The molecule has 0 fully saturated rings. The summed E-state index contributed by atoms with van der Waals surface area (Å²) in [6, 6.07) is 9.75. The molecule has 0 radical (unpaired) electrons. The Hall–Kier alpha value is -2.07. The van der Waals surface area contributed by atoms with Crippen LogP contribution in [0.2, 0.25) is 0 Å². The number of hydrogen-bond donors (Lipinski definition) is 1. The van der Waals surface area contributed by atoms with Gasteiger partial charge in [0.1, 0.15) is 17.4 Å². The highest BCUT2D eigenvalue weighted by atomic mass is 16.4. The molecular weight excluding hydrogens is 264 g/mol. The highest BCUT2D eigenvalue weighted by Gasteiger charge is 2.19. The number of benzene rings is 1. The van der Waals surface area contributed by atoms with E-state index in [0.29, 0.717) is 12.3 Å². The van der Waals surface area contributed by atoms with Gasteiger partial charge < -0.3 is 14.1 Å². The maximum absolute atomic E-state index is 10.5. The first kappa shape index (κ1) is 12.7. The van der Waals surface area contributed by atoms with E-state index in [0.717, 1.165) is 23.8 Å². The van der Waals surface area contributed by atoms with E-state index in [-0.39, 0.29) is 0 Å². The summed E-state index contributed by atoms with van der Waals surface area (Å²) in [7, 11) is 0. The van der Waals surface area contributed by atoms with E-state index in [1.165, 1.54) is 24.2 Å². The highest BCUT2D eigenvalue weighted by Crippen LogP contribution is 2.26. The van der Waals surface area contributed by atoms with Crippen LogP contribution >= 0.6 is 0 Å². The molecular formula is C17H18N2O2. The van der Waals surface area contributed by atoms with Gasteiger partial charge in [-0.05, 0) is 37.8 Å². The largest absolute Gasteiger partial charge is 0.458 e. The number of aromatic nitrogens is 2. The number of aliphatic hydroxyl groups is 1. The minimum atomic E-state index is -0.641. The molecule has 1 atom stereocenters. The molecule has 1 unspecified atom stereocenters. The predicted molar refractivity (Wildman–Crippen MR) is 80.0 cm³/mol. The number of nitrogens with zero attached hydrogens (tertiary/aromatic N) is 2. The third-order valence-electron chi connectivity index (χ3n) is 4.25. The number of aliphatic hydroxyl groups excluding tert-OH is 1. The maximum Gasteiger partial charge on any atom is 0.135 e. The number of fused-ring (bicyclic) bond motifs is 2. The van der Waals surface area contributed by atoms with Gasteiger partial charge in [0.05, 0.1) is 18.6 Å². The number of furan rings is 1. The van der Waals surface area contributed by atoms with Gasteiger partial charge in [0.15, 0.2) is 0 Å². The zero-order chi connectivity index (χ0) is 14.2. The Morgan fingerprint density at radius 2 is 2.10 bits per heavy atom. The number of hydrogen-bond acceptors (Lipinski definition) is 3. The van der Waals surface area contributed by atoms with Crippen molar-refractivity contribution in [1.82, 2.24) is 9.55 Å². The van der Waals surface area contributed by atoms with Crippen molar-refractivity contribution < 1.29 is 9.52 Å². The van der Waals surface area contributed by atoms with Gasteiger partial charge >= 0.3 is 0 Å². The zero-order valence-corrected chi connectivity index (χ0v) is 11.8. The van der Waals surface area contributed by atoms with Gasteiger partial charge in [-0.1, -0.05) is 18.2 Å². The van der Waals surface area contributed by atoms with E-state index in [1.807, 2.05) is 36.7 Å². The van der Waals surface area contributed by atoms with Crippen molar-refractivity contribution in [3.8, 4) is 0 Å². The lowest BCUT2D eigenvalue weighted by molar-refractivity contribution is 0.131. The van der Waals surface area contributed by atoms with Crippen LogP contribution in [0.4, 0.5) is 0 Å². The van der Waals surface area contributed by atoms with Crippen LogP contribution in [0.5, 0.6) is 0 Å². The molecule has 4 heteroatoms. The minimum Gasteiger partial charge on any atom is -0.458 e. The first-order valence-corrected chi connectivity index (χ1v) is 7.51. The standard InChI is InChI=1S/C17H18N2O2/c20-15(17-9-12-5-1-4-8-16(12)21-17)10-19-11-18-13-6-2-3-7-14(13)19/h1,4-5,8-9,11,15,20H,2-3,6-7,10H2. The Morgan fingerprint density at radius 1 is 1.24 bits per heavy atom. The molecule has 4 rings (SSSR count). The second-order valence-electron chi connectivity index (χ2n) is 5.70. The van der Waals surface area contributed by atoms with Crippen molar-refractivity contribution >= 4 is 11.0 Å². The average Bonchev–Trinajstić information content (AvgIpc) is 3.11. The molecule has 1 aliphatic rings. The average molecular weight is 282 g/mol. The molecule has 1 aliphatic carbocycles. The Kier molecular flexibility index (Phi) is 3.04. The Morgan fingerprint density at radius 3 is 3.00 bits per heavy atom. The Bertz CT molecular complexity index is 739. The van der Waals surface area contributed by atoms with Crippen LogP contribution < -0.4 is 0 Å². The summed E-state index contributed by atoms with van der Waals surface area (Å²) in [6.45, 7) is 0.502. The van der Waals surface area contributed by atoms with Crippen LogP contribution in [0, 0.1) is 0 Å². The zero-order valence-electron chi connectivity index (χ0n) is 11.8. The third-order valence-corrected chi connectivity index (χ3v) is 4.25. The van der Waals surface area contributed by atoms with E-state index >= 15 is 0 Å². The van der Waals surface area contributed by atoms with E-state index in [4.69, 9.17) is 4.42 Å². The summed E-state index contributed by atoms with van der Waals surface area (Å²) in [5, 5.41) is 11.5. The predicted octanol–water partition coefficient (Wildman–Crippen LogP) is 3.24. The Labute approximate surface area is 123 Å². The monoisotopic (exact) mass is 282 g/mol. The number of rotatable bonds is 3. The van der Waals surface area contributed by atoms with Gasteiger partial charge in [0.25, 0.3) is 0 Å². The topological polar surface area (TPSA) is 51.2 Å². The second kappa shape index (κ2) is 5.04. The van der Waals surface area contributed by atoms with Gasteiger partial charge in [-0.25, -0.2) is 4.98 Å². The maximum atomic E-state index is 10.5. The van der Waals surface area contributed by atoms with Crippen LogP contribution in [0.1, 0.15) is 36.1 Å². The van der Waals surface area contributed by atoms with Crippen LogP contribution in [0.15, 0.2) is 41.1 Å². The summed E-state index contributed by atoms with van der Waals surface area (Å²) in [6.07, 6.45) is 5.75. The quantitative estimate of drug-likeness (QED) is 0.802. The SMILES string of the molecule is OC(Cn1cnc2c1CCCC2)c1cc2ccccc2o1. The molecule has 0 spiro atoms. The fourth-order valence-electron chi connectivity index (χ4n) is 3.13. The Balaban J connectivity index is 1.60. The van der Waals surface area contributed by atoms with Crippen molar-refractivity contribution in [3.05, 3.63) is 53.8 Å². The van der Waals surface area contributed by atoms with E-state index in [1.54, 1.807) is 0 Å². The molecule has 0 saturated carbocycles. The summed E-state index contributed by atoms with van der Waals surface area (Å²) >= 11 is 0. The fourth-order valence-corrected chi connectivity index (χ4v) is 3.13. The molecule has 2 aromatic heterocycles. The van der Waals surface area contributed by atoms with Crippen LogP contribution in [-0.2, 0) is 19.4 Å². The van der Waals surface area contributed by atoms with Gasteiger partial charge in [-0.2, -0.15) is 0 Å². The summed E-state index contributed by atoms with van der Waals surface area (Å²) in [4.78, 5) is 4.47. The van der Waals surface area contributed by atoms with Crippen molar-refractivity contribution in [2.24, 2.45) is 0 Å². The van der Waals surface area contributed by atoms with Gasteiger partial charge in [-0.15, -0.1) is 0 Å². The van der Waals surface area contributed by atoms with Crippen molar-refractivity contribution in [1.29, 1.82) is 0 Å². The number of para-hydroxylation sites is 1. The number of aryl methyl sites for hydroxylation is 1. The normalized spacial score (nSPS) is 16.0. The highest BCUT2D eigenvalue weighted by molar-refractivity contribution is 5.77. The summed E-state index contributed by atoms with van der Waals surface area (Å²) in [5.41, 5.74) is 3.29. The fraction of sp³-hybridized carbons (Fsp3) is 0.353. The van der Waals surface area contributed by atoms with E-state index in [2.05, 4.69) is 9.55 Å². The van der Waals surface area contributed by atoms with Gasteiger partial charge in [0.2, 0.25) is 0 Å². The van der Waals surface area contributed by atoms with Crippen molar-refractivity contribution in [2.75, 3.05) is 0 Å². The van der Waals surface area contributed by atoms with Gasteiger partial charge in [-0.3, -0.25) is 0 Å². The lowest BCUT2D eigenvalue weighted by Gasteiger charge is -2.15. The lowest BCUT2D eigenvalue weighted by atomic mass is 10.0. The lowest BCUT2D eigenvalue weighted by Crippen LogP contribution is -2.12. The molecule has 0 aliphatic heterocycles. The second-order valence-corrected chi connectivity index (χ2v) is 5.70. The molecule has 0 bridgehead atoms. The molecule has 3 aromatic rings. The minimum absolute atomic E-state index is 0.502. The first-order valence-electron chi connectivity index (χ1n) is 7.51. The van der Waals surface area contributed by atoms with Crippen molar-refractivity contribution in [2.45, 2.75) is 38.3 Å².